The van der Waals surface area contributed by atoms with Crippen molar-refractivity contribution in [3.8, 4) is 11.3 Å². The van der Waals surface area contributed by atoms with Crippen molar-refractivity contribution in [2.75, 3.05) is 13.1 Å². The SMILES string of the molecule is Cn1ncc(C(=O)N2CCC(O)(Cn3cnn4c(-c5ccc6c(c5)CC(N)C6)cnc4c3=O)CC2)c1Cc1ccccc1.O=CO. The monoisotopic (exact) mass is 624 g/mol. The van der Waals surface area contributed by atoms with Crippen molar-refractivity contribution in [3.05, 3.63) is 106 Å². The van der Waals surface area contributed by atoms with E-state index < -0.39 is 5.60 Å². The van der Waals surface area contributed by atoms with Crippen LogP contribution in [0.1, 0.15) is 45.6 Å². The second-order valence-electron chi connectivity index (χ2n) is 12.0. The summed E-state index contributed by atoms with van der Waals surface area (Å²) in [5.74, 6) is -0.0974. The Bertz CT molecular complexity index is 1940. The highest BCUT2D eigenvalue weighted by Gasteiger charge is 2.36. The van der Waals surface area contributed by atoms with Crippen LogP contribution in [0.4, 0.5) is 0 Å². The third-order valence-electron chi connectivity index (χ3n) is 8.92. The molecule has 1 unspecified atom stereocenters. The molecule has 5 aromatic rings. The van der Waals surface area contributed by atoms with Crippen molar-refractivity contribution in [3.63, 3.8) is 0 Å². The molecule has 4 heterocycles. The average molecular weight is 625 g/mol. The first-order valence-electron chi connectivity index (χ1n) is 15.1. The standard InChI is InChI=1S/C32H34N8O3.CH2O2/c1-37-27(13-21-5-3-2-4-6-21)26(17-35-37)30(41)38-11-9-32(43,10-12-38)19-39-20-36-40-28(18-34-29(40)31(39)42)23-8-7-22-15-25(33)16-24(22)14-23;2-1-3/h2-8,14,17-18,20,25,43H,9-13,15-16,19,33H2,1H3;1H,(H,2,3). The lowest BCUT2D eigenvalue weighted by Crippen LogP contribution is -2.49. The Morgan fingerprint density at radius 1 is 1.07 bits per heavy atom. The number of aromatic nitrogens is 6. The highest BCUT2D eigenvalue weighted by molar-refractivity contribution is 5.95. The van der Waals surface area contributed by atoms with Gasteiger partial charge in [-0.1, -0.05) is 42.5 Å². The first-order chi connectivity index (χ1) is 22.2. The van der Waals surface area contributed by atoms with Gasteiger partial charge in [-0.15, -0.1) is 0 Å². The maximum Gasteiger partial charge on any atom is 0.296 e. The number of carbonyl (C=O) groups is 2. The first-order valence-corrected chi connectivity index (χ1v) is 15.1. The van der Waals surface area contributed by atoms with Crippen LogP contribution in [0, 0.1) is 0 Å². The van der Waals surface area contributed by atoms with Crippen LogP contribution in [0.3, 0.4) is 0 Å². The molecular formula is C33H36N8O5. The van der Waals surface area contributed by atoms with Gasteiger partial charge in [-0.2, -0.15) is 10.2 Å². The van der Waals surface area contributed by atoms with Gasteiger partial charge in [-0.25, -0.2) is 9.50 Å². The number of nitrogens with zero attached hydrogens (tertiary/aromatic N) is 7. The maximum atomic E-state index is 13.5. The van der Waals surface area contributed by atoms with Crippen molar-refractivity contribution < 1.29 is 19.8 Å². The quantitative estimate of drug-likeness (QED) is 0.238. The van der Waals surface area contributed by atoms with E-state index >= 15 is 0 Å². The van der Waals surface area contributed by atoms with E-state index in [1.165, 1.54) is 22.0 Å². The fourth-order valence-corrected chi connectivity index (χ4v) is 6.44. The van der Waals surface area contributed by atoms with E-state index in [4.69, 9.17) is 15.6 Å². The number of nitrogens with two attached hydrogens (primary N) is 1. The average Bonchev–Trinajstić information content (AvgIpc) is 3.75. The van der Waals surface area contributed by atoms with Crippen LogP contribution in [0.25, 0.3) is 16.9 Å². The van der Waals surface area contributed by atoms with Crippen LogP contribution in [0.15, 0.2) is 72.0 Å². The summed E-state index contributed by atoms with van der Waals surface area (Å²) in [4.78, 5) is 41.4. The van der Waals surface area contributed by atoms with Gasteiger partial charge in [0.25, 0.3) is 17.9 Å². The van der Waals surface area contributed by atoms with E-state index in [0.29, 0.717) is 37.9 Å². The second kappa shape index (κ2) is 12.7. The molecule has 1 atom stereocenters. The van der Waals surface area contributed by atoms with E-state index in [2.05, 4.69) is 27.3 Å². The molecule has 7 rings (SSSR count). The molecule has 46 heavy (non-hydrogen) atoms. The van der Waals surface area contributed by atoms with Crippen molar-refractivity contribution in [2.45, 2.75) is 50.3 Å². The number of piperidine rings is 1. The molecular weight excluding hydrogens is 588 g/mol. The molecule has 13 heteroatoms. The number of aliphatic hydroxyl groups is 1. The number of carboxylic acid groups (broad SMARTS) is 1. The zero-order valence-electron chi connectivity index (χ0n) is 25.5. The summed E-state index contributed by atoms with van der Waals surface area (Å²) < 4.78 is 4.73. The lowest BCUT2D eigenvalue weighted by atomic mass is 9.91. The molecule has 238 valence electrons. The molecule has 1 amide bonds. The predicted molar refractivity (Wildman–Crippen MR) is 169 cm³/mol. The molecule has 13 nitrogen and oxygen atoms in total. The molecule has 4 N–H and O–H groups in total. The normalized spacial score (nSPS) is 16.9. The highest BCUT2D eigenvalue weighted by Crippen LogP contribution is 2.29. The molecule has 2 aliphatic rings. The fourth-order valence-electron chi connectivity index (χ4n) is 6.44. The Morgan fingerprint density at radius 2 is 1.78 bits per heavy atom. The summed E-state index contributed by atoms with van der Waals surface area (Å²) in [7, 11) is 1.84. The van der Waals surface area contributed by atoms with E-state index in [0.717, 1.165) is 35.4 Å². The molecule has 3 aromatic heterocycles. The Kier molecular flexibility index (Phi) is 8.52. The van der Waals surface area contributed by atoms with Crippen LogP contribution in [-0.2, 0) is 37.6 Å². The Labute approximate surface area is 264 Å². The van der Waals surface area contributed by atoms with Crippen molar-refractivity contribution in [2.24, 2.45) is 12.8 Å². The molecule has 2 aromatic carbocycles. The molecule has 0 saturated carbocycles. The number of fused-ring (bicyclic) bond motifs is 2. The number of amides is 1. The number of hydrogen-bond acceptors (Lipinski definition) is 8. The van der Waals surface area contributed by atoms with Gasteiger partial charge in [0.05, 0.1) is 41.5 Å². The third kappa shape index (κ3) is 6.06. The zero-order valence-corrected chi connectivity index (χ0v) is 25.5. The number of likely N-dealkylation sites (tertiary alicyclic amines) is 1. The smallest absolute Gasteiger partial charge is 0.296 e. The van der Waals surface area contributed by atoms with Crippen molar-refractivity contribution in [1.29, 1.82) is 0 Å². The largest absolute Gasteiger partial charge is 0.483 e. The Balaban J connectivity index is 0.00000119. The second-order valence-corrected chi connectivity index (χ2v) is 12.0. The molecule has 1 aliphatic carbocycles. The summed E-state index contributed by atoms with van der Waals surface area (Å²) in [6.07, 6.45) is 7.73. The molecule has 0 radical (unpaired) electrons. The molecule has 0 spiro atoms. The lowest BCUT2D eigenvalue weighted by Gasteiger charge is -2.38. The van der Waals surface area contributed by atoms with Crippen molar-refractivity contribution >= 4 is 18.0 Å². The van der Waals surface area contributed by atoms with Gasteiger partial charge in [0, 0.05) is 38.2 Å². The zero-order chi connectivity index (χ0) is 32.4. The van der Waals surface area contributed by atoms with Gasteiger partial charge < -0.3 is 20.8 Å². The number of aryl methyl sites for hydroxylation is 1. The van der Waals surface area contributed by atoms with Gasteiger partial charge in [-0.05, 0) is 48.4 Å². The summed E-state index contributed by atoms with van der Waals surface area (Å²) in [5, 5.41) is 27.2. The number of benzene rings is 2. The lowest BCUT2D eigenvalue weighted by molar-refractivity contribution is -0.122. The molecule has 1 saturated heterocycles. The van der Waals surface area contributed by atoms with Gasteiger partial charge in [-0.3, -0.25) is 23.6 Å². The minimum Gasteiger partial charge on any atom is -0.483 e. The summed E-state index contributed by atoms with van der Waals surface area (Å²) >= 11 is 0. The number of rotatable bonds is 6. The van der Waals surface area contributed by atoms with E-state index in [9.17, 15) is 14.7 Å². The van der Waals surface area contributed by atoms with Gasteiger partial charge in [0.1, 0.15) is 6.33 Å². The predicted octanol–water partition coefficient (Wildman–Crippen LogP) is 1.68. The van der Waals surface area contributed by atoms with Gasteiger partial charge >= 0.3 is 0 Å². The first kappa shape index (κ1) is 30.9. The number of hydrogen-bond donors (Lipinski definition) is 3. The van der Waals surface area contributed by atoms with Gasteiger partial charge in [0.15, 0.2) is 0 Å². The van der Waals surface area contributed by atoms with Crippen LogP contribution in [-0.4, -0.2) is 81.2 Å². The molecule has 0 bridgehead atoms. The summed E-state index contributed by atoms with van der Waals surface area (Å²) in [6.45, 7) is 0.562. The Hall–Kier alpha value is -5.14. The van der Waals surface area contributed by atoms with Crippen LogP contribution < -0.4 is 11.3 Å². The molecule has 1 aliphatic heterocycles. The minimum atomic E-state index is -1.16. The number of imidazole rings is 1. The van der Waals surface area contributed by atoms with Gasteiger partial charge in [0.2, 0.25) is 5.65 Å². The fraction of sp³-hybridized carbons (Fsp3) is 0.333. The summed E-state index contributed by atoms with van der Waals surface area (Å²) in [5.41, 5.74) is 11.5. The Morgan fingerprint density at radius 3 is 2.52 bits per heavy atom. The highest BCUT2D eigenvalue weighted by atomic mass is 16.3. The topological polar surface area (TPSA) is 174 Å². The maximum absolute atomic E-state index is 13.5. The van der Waals surface area contributed by atoms with E-state index in [1.54, 1.807) is 26.5 Å². The van der Waals surface area contributed by atoms with Crippen LogP contribution >= 0.6 is 0 Å². The third-order valence-corrected chi connectivity index (χ3v) is 8.92. The number of carbonyl (C=O) groups excluding carboxylic acids is 1. The van der Waals surface area contributed by atoms with E-state index in [-0.39, 0.29) is 36.2 Å². The molecule has 1 fully saturated rings. The van der Waals surface area contributed by atoms with Crippen LogP contribution in [0.5, 0.6) is 0 Å². The van der Waals surface area contributed by atoms with E-state index in [1.807, 2.05) is 43.4 Å². The summed E-state index contributed by atoms with van der Waals surface area (Å²) in [6, 6.07) is 16.3. The minimum absolute atomic E-state index is 0.0719. The van der Waals surface area contributed by atoms with Crippen LogP contribution in [0.2, 0.25) is 0 Å². The van der Waals surface area contributed by atoms with Crippen molar-refractivity contribution in [1.82, 2.24) is 33.8 Å².